The molecule has 1 heterocycles. The smallest absolute Gasteiger partial charge is 0.246 e. The monoisotopic (exact) mass is 348 g/mol. The van der Waals surface area contributed by atoms with Crippen molar-refractivity contribution in [2.24, 2.45) is 10.4 Å². The minimum atomic E-state index is -0.689. The van der Waals surface area contributed by atoms with Gasteiger partial charge in [0.05, 0.1) is 25.6 Å². The van der Waals surface area contributed by atoms with Crippen LogP contribution in [0, 0.1) is 16.7 Å². The summed E-state index contributed by atoms with van der Waals surface area (Å²) in [6, 6.07) is 1.89. The lowest BCUT2D eigenvalue weighted by Gasteiger charge is -2.27. The molecule has 0 spiro atoms. The Balaban J connectivity index is 2.02. The molecule has 1 unspecified atom stereocenters. The standard InChI is InChI=1S/C19H32N4O2/c1-18(2,3)9-6-16(21-15-23-10-12-25-13-11-23)17(24)22-19(14-20)7-4-5-8-19/h15-16H,4-13H2,1-3H3,(H,22,24). The summed E-state index contributed by atoms with van der Waals surface area (Å²) in [6.07, 6.45) is 6.88. The van der Waals surface area contributed by atoms with Gasteiger partial charge in [0.25, 0.3) is 0 Å². The lowest BCUT2D eigenvalue weighted by atomic mass is 9.88. The highest BCUT2D eigenvalue weighted by Crippen LogP contribution is 2.29. The number of rotatable bonds is 6. The molecule has 1 saturated heterocycles. The lowest BCUT2D eigenvalue weighted by molar-refractivity contribution is -0.123. The molecule has 2 aliphatic rings. The zero-order valence-corrected chi connectivity index (χ0v) is 15.9. The van der Waals surface area contributed by atoms with E-state index in [4.69, 9.17) is 4.74 Å². The van der Waals surface area contributed by atoms with E-state index in [2.05, 4.69) is 42.0 Å². The van der Waals surface area contributed by atoms with Gasteiger partial charge in [-0.2, -0.15) is 5.26 Å². The molecular weight excluding hydrogens is 316 g/mol. The van der Waals surface area contributed by atoms with Crippen molar-refractivity contribution in [2.45, 2.75) is 70.9 Å². The van der Waals surface area contributed by atoms with Gasteiger partial charge in [0.2, 0.25) is 5.91 Å². The highest BCUT2D eigenvalue weighted by Gasteiger charge is 2.37. The first kappa shape index (κ1) is 19.7. The Labute approximate surface area is 151 Å². The van der Waals surface area contributed by atoms with Crippen LogP contribution in [0.2, 0.25) is 0 Å². The molecule has 0 radical (unpaired) electrons. The minimum Gasteiger partial charge on any atom is -0.378 e. The zero-order valence-electron chi connectivity index (χ0n) is 15.9. The summed E-state index contributed by atoms with van der Waals surface area (Å²) in [4.78, 5) is 19.5. The van der Waals surface area contributed by atoms with Gasteiger partial charge in [0.1, 0.15) is 11.6 Å². The maximum atomic E-state index is 12.8. The second kappa shape index (κ2) is 8.66. The number of carbonyl (C=O) groups is 1. The second-order valence-electron chi connectivity index (χ2n) is 8.42. The SMILES string of the molecule is CC(C)(C)CCC(N=CN1CCOCC1)C(=O)NC1(C#N)CCCC1. The maximum Gasteiger partial charge on any atom is 0.246 e. The summed E-state index contributed by atoms with van der Waals surface area (Å²) < 4.78 is 5.34. The van der Waals surface area contributed by atoms with Gasteiger partial charge in [-0.15, -0.1) is 0 Å². The van der Waals surface area contributed by atoms with E-state index in [1.165, 1.54) is 0 Å². The van der Waals surface area contributed by atoms with Crippen molar-refractivity contribution in [2.75, 3.05) is 26.3 Å². The number of ether oxygens (including phenoxy) is 1. The molecule has 1 N–H and O–H groups in total. The van der Waals surface area contributed by atoms with E-state index in [1.54, 1.807) is 6.34 Å². The first-order chi connectivity index (χ1) is 11.8. The second-order valence-corrected chi connectivity index (χ2v) is 8.42. The van der Waals surface area contributed by atoms with Gasteiger partial charge in [-0.1, -0.05) is 20.8 Å². The molecule has 1 amide bonds. The third kappa shape index (κ3) is 6.32. The fraction of sp³-hybridized carbons (Fsp3) is 0.842. The fourth-order valence-electron chi connectivity index (χ4n) is 3.27. The molecular formula is C19H32N4O2. The summed E-state index contributed by atoms with van der Waals surface area (Å²) in [6.45, 7) is 9.51. The molecule has 2 rings (SSSR count). The Morgan fingerprint density at radius 2 is 2.00 bits per heavy atom. The van der Waals surface area contributed by atoms with E-state index < -0.39 is 11.6 Å². The Hall–Kier alpha value is -1.61. The van der Waals surface area contributed by atoms with Crippen molar-refractivity contribution >= 4 is 12.2 Å². The Bertz CT molecular complexity index is 506. The van der Waals surface area contributed by atoms with Crippen LogP contribution in [0.3, 0.4) is 0 Å². The van der Waals surface area contributed by atoms with Gasteiger partial charge < -0.3 is 15.0 Å². The van der Waals surface area contributed by atoms with Crippen LogP contribution in [-0.4, -0.2) is 55.0 Å². The predicted molar refractivity (Wildman–Crippen MR) is 98.3 cm³/mol. The number of nitrogens with one attached hydrogen (secondary N) is 1. The number of hydrogen-bond donors (Lipinski definition) is 1. The maximum absolute atomic E-state index is 12.8. The molecule has 140 valence electrons. The number of nitriles is 1. The molecule has 0 bridgehead atoms. The van der Waals surface area contributed by atoms with Crippen LogP contribution in [0.25, 0.3) is 0 Å². The minimum absolute atomic E-state index is 0.114. The number of aliphatic imine (C=N–C) groups is 1. The molecule has 0 aromatic carbocycles. The van der Waals surface area contributed by atoms with Crippen LogP contribution < -0.4 is 5.32 Å². The first-order valence-corrected chi connectivity index (χ1v) is 9.42. The number of hydrogen-bond acceptors (Lipinski definition) is 4. The quantitative estimate of drug-likeness (QED) is 0.591. The van der Waals surface area contributed by atoms with Crippen molar-refractivity contribution in [3.63, 3.8) is 0 Å². The highest BCUT2D eigenvalue weighted by atomic mass is 16.5. The van der Waals surface area contributed by atoms with Gasteiger partial charge in [-0.05, 0) is 43.9 Å². The molecule has 1 aliphatic heterocycles. The number of carbonyl (C=O) groups excluding carboxylic acids is 1. The Kier molecular flexibility index (Phi) is 6.83. The molecule has 0 aromatic rings. The van der Waals surface area contributed by atoms with Gasteiger partial charge >= 0.3 is 0 Å². The summed E-state index contributed by atoms with van der Waals surface area (Å²) in [5.41, 5.74) is -0.543. The van der Waals surface area contributed by atoms with Crippen LogP contribution in [0.4, 0.5) is 0 Å². The Morgan fingerprint density at radius 1 is 1.36 bits per heavy atom. The molecule has 0 aromatic heterocycles. The Morgan fingerprint density at radius 3 is 2.56 bits per heavy atom. The molecule has 6 nitrogen and oxygen atoms in total. The number of amides is 1. The van der Waals surface area contributed by atoms with Crippen LogP contribution in [0.1, 0.15) is 59.3 Å². The number of nitrogens with zero attached hydrogens (tertiary/aromatic N) is 3. The molecule has 2 fully saturated rings. The van der Waals surface area contributed by atoms with E-state index >= 15 is 0 Å². The van der Waals surface area contributed by atoms with E-state index in [-0.39, 0.29) is 11.3 Å². The largest absolute Gasteiger partial charge is 0.378 e. The summed E-state index contributed by atoms with van der Waals surface area (Å²) >= 11 is 0. The van der Waals surface area contributed by atoms with Crippen molar-refractivity contribution in [1.82, 2.24) is 10.2 Å². The number of morpholine rings is 1. The van der Waals surface area contributed by atoms with E-state index in [1.807, 2.05) is 0 Å². The third-order valence-electron chi connectivity index (χ3n) is 4.96. The van der Waals surface area contributed by atoms with E-state index in [0.717, 1.165) is 45.2 Å². The molecule has 6 heteroatoms. The highest BCUT2D eigenvalue weighted by molar-refractivity contribution is 5.84. The molecule has 1 saturated carbocycles. The van der Waals surface area contributed by atoms with Gasteiger partial charge in [0, 0.05) is 13.1 Å². The van der Waals surface area contributed by atoms with E-state index in [9.17, 15) is 10.1 Å². The normalized spacial score (nSPS) is 21.9. The fourth-order valence-corrected chi connectivity index (χ4v) is 3.27. The van der Waals surface area contributed by atoms with Crippen molar-refractivity contribution in [3.8, 4) is 6.07 Å². The average Bonchev–Trinajstić information content (AvgIpc) is 3.03. The van der Waals surface area contributed by atoms with Crippen molar-refractivity contribution in [3.05, 3.63) is 0 Å². The van der Waals surface area contributed by atoms with Crippen LogP contribution in [-0.2, 0) is 9.53 Å². The van der Waals surface area contributed by atoms with Crippen molar-refractivity contribution < 1.29 is 9.53 Å². The van der Waals surface area contributed by atoms with Crippen molar-refractivity contribution in [1.29, 1.82) is 5.26 Å². The first-order valence-electron chi connectivity index (χ1n) is 9.42. The summed E-state index contributed by atoms with van der Waals surface area (Å²) in [7, 11) is 0. The van der Waals surface area contributed by atoms with Crippen LogP contribution >= 0.6 is 0 Å². The molecule has 1 atom stereocenters. The molecule has 1 aliphatic carbocycles. The zero-order chi connectivity index (χ0) is 18.3. The van der Waals surface area contributed by atoms with Crippen LogP contribution in [0.5, 0.6) is 0 Å². The van der Waals surface area contributed by atoms with Gasteiger partial charge in [0.15, 0.2) is 0 Å². The average molecular weight is 348 g/mol. The molecule has 25 heavy (non-hydrogen) atoms. The van der Waals surface area contributed by atoms with Gasteiger partial charge in [-0.25, -0.2) is 0 Å². The van der Waals surface area contributed by atoms with E-state index in [0.29, 0.717) is 19.6 Å². The third-order valence-corrected chi connectivity index (χ3v) is 4.96. The summed E-state index contributed by atoms with van der Waals surface area (Å²) in [5.74, 6) is -0.114. The summed E-state index contributed by atoms with van der Waals surface area (Å²) in [5, 5.41) is 12.5. The lowest BCUT2D eigenvalue weighted by Crippen LogP contribution is -2.49. The van der Waals surface area contributed by atoms with Gasteiger partial charge in [-0.3, -0.25) is 9.79 Å². The predicted octanol–water partition coefficient (Wildman–Crippen LogP) is 2.49. The van der Waals surface area contributed by atoms with Crippen LogP contribution in [0.15, 0.2) is 4.99 Å². The topological polar surface area (TPSA) is 77.7 Å².